The molecule has 3 N–H and O–H groups in total. The van der Waals surface area contributed by atoms with Crippen LogP contribution in [0.15, 0.2) is 35.3 Å². The van der Waals surface area contributed by atoms with Crippen LogP contribution in [-0.2, 0) is 6.42 Å². The maximum Gasteiger partial charge on any atom is 0.188 e. The molecule has 0 aliphatic heterocycles. The highest BCUT2D eigenvalue weighted by molar-refractivity contribution is 5.77. The molecule has 0 amide bonds. The Morgan fingerprint density at radius 2 is 2.05 bits per heavy atom. The minimum Gasteiger partial charge on any atom is -0.370 e. The fraction of sp³-hybridized carbons (Fsp3) is 0.562. The molecule has 0 radical (unpaired) electrons. The number of nitrogens with one attached hydrogen (secondary N) is 1. The summed E-state index contributed by atoms with van der Waals surface area (Å²) in [5.74, 6) is 0.593. The monoisotopic (exact) mass is 259 g/mol. The van der Waals surface area contributed by atoms with E-state index in [1.54, 1.807) is 0 Å². The van der Waals surface area contributed by atoms with Crippen LogP contribution in [0.4, 0.5) is 0 Å². The van der Waals surface area contributed by atoms with E-state index in [0.29, 0.717) is 11.4 Å². The van der Waals surface area contributed by atoms with Crippen LogP contribution in [0.25, 0.3) is 0 Å². The molecule has 3 heteroatoms. The van der Waals surface area contributed by atoms with E-state index in [1.807, 2.05) is 6.07 Å². The third-order valence-electron chi connectivity index (χ3n) is 4.31. The van der Waals surface area contributed by atoms with Gasteiger partial charge >= 0.3 is 0 Å². The summed E-state index contributed by atoms with van der Waals surface area (Å²) in [6.45, 7) is 3.99. The topological polar surface area (TPSA) is 50.4 Å². The average Bonchev–Trinajstić information content (AvgIpc) is 2.39. The second-order valence-corrected chi connectivity index (χ2v) is 5.57. The van der Waals surface area contributed by atoms with Crippen molar-refractivity contribution in [3.8, 4) is 0 Å². The molecule has 0 spiro atoms. The summed E-state index contributed by atoms with van der Waals surface area (Å²) >= 11 is 0. The normalized spacial score (nSPS) is 17.8. The number of hydrogen-bond donors (Lipinski definition) is 2. The summed E-state index contributed by atoms with van der Waals surface area (Å²) < 4.78 is 0. The van der Waals surface area contributed by atoms with Crippen LogP contribution < -0.4 is 11.1 Å². The van der Waals surface area contributed by atoms with Crippen molar-refractivity contribution >= 4 is 5.96 Å². The van der Waals surface area contributed by atoms with Crippen molar-refractivity contribution < 1.29 is 0 Å². The van der Waals surface area contributed by atoms with Gasteiger partial charge < -0.3 is 11.1 Å². The van der Waals surface area contributed by atoms with Crippen molar-refractivity contribution in [1.29, 1.82) is 0 Å². The summed E-state index contributed by atoms with van der Waals surface area (Å²) in [6.07, 6.45) is 6.17. The predicted octanol–water partition coefficient (Wildman–Crippen LogP) is 2.71. The van der Waals surface area contributed by atoms with Crippen molar-refractivity contribution in [2.75, 3.05) is 13.1 Å². The smallest absolute Gasteiger partial charge is 0.188 e. The first-order valence-electron chi connectivity index (χ1n) is 7.32. The Kier molecular flexibility index (Phi) is 4.83. The van der Waals surface area contributed by atoms with E-state index in [9.17, 15) is 0 Å². The molecule has 0 saturated heterocycles. The fourth-order valence-corrected chi connectivity index (χ4v) is 2.59. The second-order valence-electron chi connectivity index (χ2n) is 5.57. The number of benzene rings is 1. The molecule has 1 aliphatic carbocycles. The van der Waals surface area contributed by atoms with E-state index in [4.69, 9.17) is 5.73 Å². The Hall–Kier alpha value is -1.51. The quantitative estimate of drug-likeness (QED) is 0.609. The molecule has 0 unspecified atom stereocenters. The first-order valence-corrected chi connectivity index (χ1v) is 7.32. The van der Waals surface area contributed by atoms with Crippen molar-refractivity contribution in [3.05, 3.63) is 35.9 Å². The second kappa shape index (κ2) is 6.60. The highest BCUT2D eigenvalue weighted by Crippen LogP contribution is 2.43. The van der Waals surface area contributed by atoms with Gasteiger partial charge in [-0.3, -0.25) is 4.99 Å². The van der Waals surface area contributed by atoms with Gasteiger partial charge in [0.2, 0.25) is 0 Å². The van der Waals surface area contributed by atoms with Gasteiger partial charge in [-0.2, -0.15) is 0 Å². The molecule has 0 atom stereocenters. The molecular formula is C16H25N3. The van der Waals surface area contributed by atoms with Gasteiger partial charge in [0.05, 0.1) is 0 Å². The summed E-state index contributed by atoms with van der Waals surface area (Å²) in [4.78, 5) is 4.50. The van der Waals surface area contributed by atoms with Crippen LogP contribution in [0.2, 0.25) is 0 Å². The lowest BCUT2D eigenvalue weighted by molar-refractivity contribution is 0.139. The van der Waals surface area contributed by atoms with Crippen LogP contribution in [0.3, 0.4) is 0 Å². The predicted molar refractivity (Wildman–Crippen MR) is 81.2 cm³/mol. The van der Waals surface area contributed by atoms with Crippen molar-refractivity contribution in [2.24, 2.45) is 16.1 Å². The molecule has 1 saturated carbocycles. The Bertz CT molecular complexity index is 402. The van der Waals surface area contributed by atoms with Crippen LogP contribution >= 0.6 is 0 Å². The number of aliphatic imine (C=N–C) groups is 1. The number of hydrogen-bond acceptors (Lipinski definition) is 1. The summed E-state index contributed by atoms with van der Waals surface area (Å²) in [6, 6.07) is 10.4. The number of nitrogens with zero attached hydrogens (tertiary/aromatic N) is 1. The minimum absolute atomic E-state index is 0.450. The fourth-order valence-electron chi connectivity index (χ4n) is 2.59. The summed E-state index contributed by atoms with van der Waals surface area (Å²) in [7, 11) is 0. The van der Waals surface area contributed by atoms with Crippen molar-refractivity contribution in [2.45, 2.75) is 39.0 Å². The maximum atomic E-state index is 5.92. The molecule has 1 aromatic carbocycles. The first kappa shape index (κ1) is 13.9. The molecule has 0 bridgehead atoms. The van der Waals surface area contributed by atoms with Gasteiger partial charge in [0.25, 0.3) is 0 Å². The SMILES string of the molecule is CCC1(CN=C(N)NCCc2ccccc2)CCC1. The van der Waals surface area contributed by atoms with Gasteiger partial charge in [0, 0.05) is 13.1 Å². The van der Waals surface area contributed by atoms with E-state index in [2.05, 4.69) is 41.5 Å². The highest BCUT2D eigenvalue weighted by Gasteiger charge is 2.34. The lowest BCUT2D eigenvalue weighted by Crippen LogP contribution is -2.37. The van der Waals surface area contributed by atoms with Gasteiger partial charge in [-0.05, 0) is 36.7 Å². The van der Waals surface area contributed by atoms with Crippen LogP contribution in [0, 0.1) is 5.41 Å². The van der Waals surface area contributed by atoms with Gasteiger partial charge in [-0.1, -0.05) is 43.7 Å². The van der Waals surface area contributed by atoms with E-state index in [0.717, 1.165) is 19.5 Å². The van der Waals surface area contributed by atoms with E-state index in [-0.39, 0.29) is 0 Å². The van der Waals surface area contributed by atoms with E-state index in [1.165, 1.54) is 31.2 Å². The Balaban J connectivity index is 1.70. The zero-order valence-corrected chi connectivity index (χ0v) is 11.9. The van der Waals surface area contributed by atoms with Gasteiger partial charge in [-0.15, -0.1) is 0 Å². The third kappa shape index (κ3) is 3.98. The van der Waals surface area contributed by atoms with Crippen LogP contribution in [-0.4, -0.2) is 19.0 Å². The Morgan fingerprint density at radius 1 is 1.32 bits per heavy atom. The maximum absolute atomic E-state index is 5.92. The standard InChI is InChI=1S/C16H25N3/c1-2-16(10-6-11-16)13-19-15(17)18-12-9-14-7-4-3-5-8-14/h3-5,7-8H,2,6,9-13H2,1H3,(H3,17,18,19). The molecule has 1 aromatic rings. The third-order valence-corrected chi connectivity index (χ3v) is 4.31. The van der Waals surface area contributed by atoms with Gasteiger partial charge in [-0.25, -0.2) is 0 Å². The van der Waals surface area contributed by atoms with Crippen molar-refractivity contribution in [1.82, 2.24) is 5.32 Å². The largest absolute Gasteiger partial charge is 0.370 e. The summed E-state index contributed by atoms with van der Waals surface area (Å²) in [5, 5.41) is 3.20. The Labute approximate surface area is 116 Å². The number of nitrogens with two attached hydrogens (primary N) is 1. The minimum atomic E-state index is 0.450. The molecule has 3 nitrogen and oxygen atoms in total. The molecular weight excluding hydrogens is 234 g/mol. The Morgan fingerprint density at radius 3 is 2.63 bits per heavy atom. The number of guanidine groups is 1. The molecule has 104 valence electrons. The van der Waals surface area contributed by atoms with Gasteiger partial charge in [0.15, 0.2) is 5.96 Å². The van der Waals surface area contributed by atoms with Crippen LogP contribution in [0.5, 0.6) is 0 Å². The van der Waals surface area contributed by atoms with Gasteiger partial charge in [0.1, 0.15) is 0 Å². The molecule has 0 heterocycles. The lowest BCUT2D eigenvalue weighted by Gasteiger charge is -2.40. The molecule has 1 fully saturated rings. The zero-order chi connectivity index (χ0) is 13.6. The molecule has 19 heavy (non-hydrogen) atoms. The first-order chi connectivity index (χ1) is 9.24. The van der Waals surface area contributed by atoms with E-state index >= 15 is 0 Å². The highest BCUT2D eigenvalue weighted by atomic mass is 15.1. The van der Waals surface area contributed by atoms with E-state index < -0.39 is 0 Å². The van der Waals surface area contributed by atoms with Crippen LogP contribution in [0.1, 0.15) is 38.2 Å². The lowest BCUT2D eigenvalue weighted by atomic mass is 9.67. The average molecular weight is 259 g/mol. The summed E-state index contributed by atoms with van der Waals surface area (Å²) in [5.41, 5.74) is 7.69. The van der Waals surface area contributed by atoms with Crippen molar-refractivity contribution in [3.63, 3.8) is 0 Å². The molecule has 2 rings (SSSR count). The zero-order valence-electron chi connectivity index (χ0n) is 11.9. The number of rotatable bonds is 6. The molecule has 1 aliphatic rings. The molecule has 0 aromatic heterocycles.